The molecule has 3 aromatic rings. The number of hydrogen-bond donors (Lipinski definition) is 1. The molecule has 0 radical (unpaired) electrons. The van der Waals surface area contributed by atoms with Crippen molar-refractivity contribution in [3.8, 4) is 11.8 Å². The average Bonchev–Trinajstić information content (AvgIpc) is 3.49. The normalized spacial score (nSPS) is 14.3. The first kappa shape index (κ1) is 18.3. The van der Waals surface area contributed by atoms with Crippen molar-refractivity contribution in [1.29, 1.82) is 5.26 Å². The van der Waals surface area contributed by atoms with E-state index < -0.39 is 0 Å². The van der Waals surface area contributed by atoms with Crippen LogP contribution < -0.4 is 5.32 Å². The van der Waals surface area contributed by atoms with Crippen LogP contribution in [-0.2, 0) is 4.79 Å². The lowest BCUT2D eigenvalue weighted by molar-refractivity contribution is -0.115. The van der Waals surface area contributed by atoms with Gasteiger partial charge in [-0.3, -0.25) is 9.36 Å². The van der Waals surface area contributed by atoms with E-state index in [1.807, 2.05) is 37.3 Å². The maximum absolute atomic E-state index is 12.6. The predicted octanol–water partition coefficient (Wildman–Crippen LogP) is 4.14. The summed E-state index contributed by atoms with van der Waals surface area (Å²) in [5, 5.41) is 21.0. The van der Waals surface area contributed by atoms with E-state index in [1.165, 1.54) is 11.8 Å². The van der Waals surface area contributed by atoms with E-state index >= 15 is 0 Å². The predicted molar refractivity (Wildman–Crippen MR) is 108 cm³/mol. The second kappa shape index (κ2) is 7.87. The van der Waals surface area contributed by atoms with Gasteiger partial charge in [0.25, 0.3) is 0 Å². The number of aromatic nitrogens is 3. The Hall–Kier alpha value is -3.11. The van der Waals surface area contributed by atoms with Gasteiger partial charge in [-0.15, -0.1) is 10.2 Å². The molecule has 1 N–H and O–H groups in total. The summed E-state index contributed by atoms with van der Waals surface area (Å²) in [5.41, 5.74) is 2.13. The van der Waals surface area contributed by atoms with Crippen LogP contribution in [0.4, 0.5) is 5.69 Å². The van der Waals surface area contributed by atoms with Crippen LogP contribution in [-0.4, -0.2) is 25.9 Å². The number of nitriles is 1. The SMILES string of the molecule is C[C@H](Sc1nnc(C2CC2)n1-c1ccccc1)C(=O)Nc1cccc(C#N)c1. The monoisotopic (exact) mass is 389 g/mol. The molecule has 1 aliphatic carbocycles. The highest BCUT2D eigenvalue weighted by Crippen LogP contribution is 2.41. The molecule has 28 heavy (non-hydrogen) atoms. The first-order chi connectivity index (χ1) is 13.7. The van der Waals surface area contributed by atoms with Crippen molar-refractivity contribution >= 4 is 23.4 Å². The van der Waals surface area contributed by atoms with E-state index in [0.29, 0.717) is 22.3 Å². The summed E-state index contributed by atoms with van der Waals surface area (Å²) in [4.78, 5) is 12.6. The molecule has 0 unspecified atom stereocenters. The highest BCUT2D eigenvalue weighted by Gasteiger charge is 2.31. The number of anilines is 1. The van der Waals surface area contributed by atoms with Gasteiger partial charge in [-0.25, -0.2) is 0 Å². The molecular weight excluding hydrogens is 370 g/mol. The van der Waals surface area contributed by atoms with Gasteiger partial charge in [-0.05, 0) is 50.1 Å². The molecule has 1 saturated carbocycles. The number of benzene rings is 2. The number of rotatable bonds is 6. The number of nitrogens with zero attached hydrogens (tertiary/aromatic N) is 4. The first-order valence-corrected chi connectivity index (χ1v) is 10.0. The van der Waals surface area contributed by atoms with Crippen LogP contribution in [0.3, 0.4) is 0 Å². The largest absolute Gasteiger partial charge is 0.325 e. The number of para-hydroxylation sites is 1. The van der Waals surface area contributed by atoms with Crippen molar-refractivity contribution in [2.24, 2.45) is 0 Å². The third-order valence-corrected chi connectivity index (χ3v) is 5.57. The zero-order valence-corrected chi connectivity index (χ0v) is 16.2. The number of amides is 1. The van der Waals surface area contributed by atoms with E-state index in [9.17, 15) is 4.79 Å². The quantitative estimate of drug-likeness (QED) is 0.641. The minimum atomic E-state index is -0.371. The molecular formula is C21H19N5OS. The Morgan fingerprint density at radius 1 is 1.21 bits per heavy atom. The molecule has 1 heterocycles. The molecule has 1 atom stereocenters. The van der Waals surface area contributed by atoms with Gasteiger partial charge in [0.2, 0.25) is 5.91 Å². The third-order valence-electron chi connectivity index (χ3n) is 4.53. The molecule has 1 amide bonds. The molecule has 140 valence electrons. The highest BCUT2D eigenvalue weighted by molar-refractivity contribution is 8.00. The molecule has 6 nitrogen and oxygen atoms in total. The number of thioether (sulfide) groups is 1. The number of nitrogens with one attached hydrogen (secondary N) is 1. The number of hydrogen-bond acceptors (Lipinski definition) is 5. The Bertz CT molecular complexity index is 1040. The Morgan fingerprint density at radius 3 is 2.71 bits per heavy atom. The van der Waals surface area contributed by atoms with Gasteiger partial charge in [-0.1, -0.05) is 36.0 Å². The molecule has 1 aromatic heterocycles. The van der Waals surface area contributed by atoms with Crippen LogP contribution in [0.15, 0.2) is 59.8 Å². The van der Waals surface area contributed by atoms with Gasteiger partial charge >= 0.3 is 0 Å². The van der Waals surface area contributed by atoms with E-state index in [2.05, 4.69) is 26.2 Å². The van der Waals surface area contributed by atoms with Crippen molar-refractivity contribution in [2.45, 2.75) is 36.1 Å². The number of carbonyl (C=O) groups is 1. The molecule has 2 aromatic carbocycles. The standard InChI is InChI=1S/C21H19N5OS/c1-14(20(27)23-17-7-5-6-15(12-17)13-22)28-21-25-24-19(16-10-11-16)26(21)18-8-3-2-4-9-18/h2-9,12,14,16H,10-11H2,1H3,(H,23,27)/t14-/m0/s1. The average molecular weight is 389 g/mol. The topological polar surface area (TPSA) is 83.6 Å². The summed E-state index contributed by atoms with van der Waals surface area (Å²) in [6.07, 6.45) is 2.25. The second-order valence-corrected chi connectivity index (χ2v) is 8.04. The summed E-state index contributed by atoms with van der Waals surface area (Å²) in [5.74, 6) is 1.26. The van der Waals surface area contributed by atoms with Gasteiger partial charge in [0, 0.05) is 17.3 Å². The Labute approximate surface area is 167 Å². The summed E-state index contributed by atoms with van der Waals surface area (Å²) in [6.45, 7) is 1.84. The van der Waals surface area contributed by atoms with Crippen LogP contribution in [0.2, 0.25) is 0 Å². The Kier molecular flexibility index (Phi) is 5.13. The third kappa shape index (κ3) is 3.92. The summed E-state index contributed by atoms with van der Waals surface area (Å²) in [7, 11) is 0. The van der Waals surface area contributed by atoms with E-state index in [4.69, 9.17) is 5.26 Å². The van der Waals surface area contributed by atoms with Gasteiger partial charge in [0.05, 0.1) is 16.9 Å². The molecule has 0 bridgehead atoms. The van der Waals surface area contributed by atoms with Crippen molar-refractivity contribution in [3.05, 3.63) is 66.0 Å². The molecule has 1 fully saturated rings. The molecule has 7 heteroatoms. The molecule has 0 spiro atoms. The van der Waals surface area contributed by atoms with Gasteiger partial charge in [-0.2, -0.15) is 5.26 Å². The lowest BCUT2D eigenvalue weighted by Crippen LogP contribution is -2.23. The summed E-state index contributed by atoms with van der Waals surface area (Å²) in [6, 6.07) is 19.0. The maximum Gasteiger partial charge on any atom is 0.237 e. The zero-order valence-electron chi connectivity index (χ0n) is 15.4. The molecule has 0 saturated heterocycles. The molecule has 1 aliphatic rings. The number of carbonyl (C=O) groups excluding carboxylic acids is 1. The van der Waals surface area contributed by atoms with E-state index in [0.717, 1.165) is 24.4 Å². The van der Waals surface area contributed by atoms with Crippen LogP contribution >= 0.6 is 11.8 Å². The van der Waals surface area contributed by atoms with Gasteiger partial charge < -0.3 is 5.32 Å². The molecule has 0 aliphatic heterocycles. The summed E-state index contributed by atoms with van der Waals surface area (Å²) >= 11 is 1.38. The zero-order chi connectivity index (χ0) is 19.5. The minimum absolute atomic E-state index is 0.143. The molecule has 4 rings (SSSR count). The Balaban J connectivity index is 1.54. The smallest absolute Gasteiger partial charge is 0.237 e. The van der Waals surface area contributed by atoms with Crippen LogP contribution in [0, 0.1) is 11.3 Å². The highest BCUT2D eigenvalue weighted by atomic mass is 32.2. The van der Waals surface area contributed by atoms with Crippen molar-refractivity contribution < 1.29 is 4.79 Å². The minimum Gasteiger partial charge on any atom is -0.325 e. The van der Waals surface area contributed by atoms with Crippen molar-refractivity contribution in [2.75, 3.05) is 5.32 Å². The lowest BCUT2D eigenvalue weighted by Gasteiger charge is -2.14. The van der Waals surface area contributed by atoms with Gasteiger partial charge in [0.15, 0.2) is 5.16 Å². The van der Waals surface area contributed by atoms with Gasteiger partial charge in [0.1, 0.15) is 5.82 Å². The fourth-order valence-corrected chi connectivity index (χ4v) is 3.78. The first-order valence-electron chi connectivity index (χ1n) is 9.14. The van der Waals surface area contributed by atoms with Crippen molar-refractivity contribution in [1.82, 2.24) is 14.8 Å². The lowest BCUT2D eigenvalue weighted by atomic mass is 10.2. The second-order valence-electron chi connectivity index (χ2n) is 6.73. The summed E-state index contributed by atoms with van der Waals surface area (Å²) < 4.78 is 2.06. The fourth-order valence-electron chi connectivity index (χ4n) is 2.91. The fraction of sp³-hybridized carbons (Fsp3) is 0.238. The van der Waals surface area contributed by atoms with Crippen LogP contribution in [0.1, 0.15) is 37.1 Å². The van der Waals surface area contributed by atoms with Crippen LogP contribution in [0.25, 0.3) is 5.69 Å². The van der Waals surface area contributed by atoms with E-state index in [1.54, 1.807) is 24.3 Å². The van der Waals surface area contributed by atoms with Crippen molar-refractivity contribution in [3.63, 3.8) is 0 Å². The van der Waals surface area contributed by atoms with E-state index in [-0.39, 0.29) is 11.2 Å². The maximum atomic E-state index is 12.6. The van der Waals surface area contributed by atoms with Crippen LogP contribution in [0.5, 0.6) is 0 Å². The Morgan fingerprint density at radius 2 is 2.00 bits per heavy atom.